The molecule has 1 amide bonds. The molecule has 0 aliphatic carbocycles. The van der Waals surface area contributed by atoms with Gasteiger partial charge in [-0.05, 0) is 41.1 Å². The molecule has 0 fully saturated rings. The van der Waals surface area contributed by atoms with Crippen molar-refractivity contribution in [3.05, 3.63) is 50.8 Å². The predicted molar refractivity (Wildman–Crippen MR) is 106 cm³/mol. The highest BCUT2D eigenvalue weighted by atomic mass is 79.9. The first kappa shape index (κ1) is 23.2. The van der Waals surface area contributed by atoms with Gasteiger partial charge in [-0.1, -0.05) is 11.6 Å². The van der Waals surface area contributed by atoms with Crippen LogP contribution in [0, 0.1) is 6.92 Å². The summed E-state index contributed by atoms with van der Waals surface area (Å²) >= 11 is 9.12. The average Bonchev–Trinajstić information content (AvgIpc) is 2.89. The fourth-order valence-corrected chi connectivity index (χ4v) is 3.58. The summed E-state index contributed by atoms with van der Waals surface area (Å²) in [7, 11) is -4.13. The fourth-order valence-electron chi connectivity index (χ4n) is 2.14. The highest BCUT2D eigenvalue weighted by Gasteiger charge is 2.33. The molecule has 0 unspecified atom stereocenters. The summed E-state index contributed by atoms with van der Waals surface area (Å²) in [6.07, 6.45) is -2.80. The maximum Gasteiger partial charge on any atom is 0.416 e. The lowest BCUT2D eigenvalue weighted by atomic mass is 10.2. The van der Waals surface area contributed by atoms with E-state index in [0.717, 1.165) is 12.3 Å². The molecule has 0 aliphatic rings. The van der Waals surface area contributed by atoms with Crippen LogP contribution in [0.4, 0.5) is 18.9 Å². The molecule has 1 aromatic carbocycles. The Kier molecular flexibility index (Phi) is 7.01. The van der Waals surface area contributed by atoms with Crippen molar-refractivity contribution < 1.29 is 30.8 Å². The number of sulfonamides is 1. The van der Waals surface area contributed by atoms with Crippen LogP contribution in [0.1, 0.15) is 17.1 Å². The van der Waals surface area contributed by atoms with E-state index in [4.69, 9.17) is 16.0 Å². The van der Waals surface area contributed by atoms with Gasteiger partial charge in [0.25, 0.3) is 5.91 Å². The van der Waals surface area contributed by atoms with E-state index < -0.39 is 39.9 Å². The Labute approximate surface area is 177 Å². The van der Waals surface area contributed by atoms with Crippen molar-refractivity contribution in [1.29, 1.82) is 0 Å². The second-order valence-corrected chi connectivity index (χ2v) is 8.95. The molecule has 29 heavy (non-hydrogen) atoms. The number of aryl methyl sites for hydroxylation is 1. The van der Waals surface area contributed by atoms with Crippen LogP contribution < -0.4 is 9.73 Å². The van der Waals surface area contributed by atoms with E-state index in [9.17, 15) is 26.4 Å². The second kappa shape index (κ2) is 8.76. The van der Waals surface area contributed by atoms with E-state index in [1.165, 1.54) is 6.21 Å². The monoisotopic (exact) mass is 515 g/mol. The van der Waals surface area contributed by atoms with Crippen molar-refractivity contribution in [3.63, 3.8) is 0 Å². The number of benzene rings is 1. The Morgan fingerprint density at radius 1 is 1.38 bits per heavy atom. The number of hydrazone groups is 1. The minimum Gasteiger partial charge on any atom is -0.459 e. The summed E-state index contributed by atoms with van der Waals surface area (Å²) in [5, 5.41) is 3.36. The minimum absolute atomic E-state index is 0.268. The smallest absolute Gasteiger partial charge is 0.416 e. The number of amides is 1. The molecule has 1 N–H and O–H groups in total. The van der Waals surface area contributed by atoms with Gasteiger partial charge < -0.3 is 4.42 Å². The molecule has 0 aliphatic heterocycles. The van der Waals surface area contributed by atoms with E-state index in [1.54, 1.807) is 13.0 Å². The zero-order chi connectivity index (χ0) is 22.0. The summed E-state index contributed by atoms with van der Waals surface area (Å²) in [5.41, 5.74) is 0.494. The highest BCUT2D eigenvalue weighted by Crippen LogP contribution is 2.36. The lowest BCUT2D eigenvalue weighted by Crippen LogP contribution is -2.39. The first-order valence-electron chi connectivity index (χ1n) is 7.71. The number of anilines is 1. The van der Waals surface area contributed by atoms with E-state index in [-0.39, 0.29) is 5.02 Å². The van der Waals surface area contributed by atoms with Crippen LogP contribution in [0.25, 0.3) is 0 Å². The van der Waals surface area contributed by atoms with Crippen LogP contribution in [-0.4, -0.2) is 33.3 Å². The van der Waals surface area contributed by atoms with Crippen LogP contribution >= 0.6 is 27.5 Å². The van der Waals surface area contributed by atoms with E-state index in [2.05, 4.69) is 26.5 Å². The highest BCUT2D eigenvalue weighted by molar-refractivity contribution is 9.10. The van der Waals surface area contributed by atoms with Gasteiger partial charge in [0, 0.05) is 6.07 Å². The normalized spacial score (nSPS) is 12.4. The standard InChI is InChI=1S/C16H14BrClF3N3O4S/c1-9-12(17)6-11(28-9)7-22-23-15(25)8-24(29(2,26)27)14-5-10(16(19,20)21)3-4-13(14)18/h3-7H,8H2,1-2H3,(H,23,25)/b22-7-. The number of nitrogens with one attached hydrogen (secondary N) is 1. The van der Waals surface area contributed by atoms with Crippen molar-refractivity contribution in [2.24, 2.45) is 5.10 Å². The summed E-state index contributed by atoms with van der Waals surface area (Å²) in [6.45, 7) is 0.862. The van der Waals surface area contributed by atoms with Crippen molar-refractivity contribution in [2.75, 3.05) is 17.1 Å². The molecule has 7 nitrogen and oxygen atoms in total. The second-order valence-electron chi connectivity index (χ2n) is 5.78. The van der Waals surface area contributed by atoms with Crippen molar-refractivity contribution in [1.82, 2.24) is 5.43 Å². The number of carbonyl (C=O) groups is 1. The fraction of sp³-hybridized carbons (Fsp3) is 0.250. The van der Waals surface area contributed by atoms with Crippen LogP contribution in [0.5, 0.6) is 0 Å². The number of rotatable bonds is 6. The van der Waals surface area contributed by atoms with E-state index >= 15 is 0 Å². The lowest BCUT2D eigenvalue weighted by Gasteiger charge is -2.23. The van der Waals surface area contributed by atoms with Gasteiger partial charge in [0.1, 0.15) is 18.1 Å². The number of nitrogens with zero attached hydrogens (tertiary/aromatic N) is 2. The topological polar surface area (TPSA) is 92.0 Å². The van der Waals surface area contributed by atoms with Gasteiger partial charge in [0.15, 0.2) is 0 Å². The third kappa shape index (κ3) is 6.21. The Balaban J connectivity index is 2.23. The van der Waals surface area contributed by atoms with Crippen LogP contribution in [0.15, 0.2) is 38.3 Å². The SMILES string of the molecule is Cc1oc(/C=N\NC(=O)CN(c2cc(C(F)(F)F)ccc2Cl)S(C)(=O)=O)cc1Br. The first-order valence-corrected chi connectivity index (χ1v) is 10.7. The number of furan rings is 1. The van der Waals surface area contributed by atoms with Crippen molar-refractivity contribution in [3.8, 4) is 0 Å². The molecule has 0 atom stereocenters. The van der Waals surface area contributed by atoms with E-state index in [1.807, 2.05) is 0 Å². The Morgan fingerprint density at radius 2 is 2.03 bits per heavy atom. The van der Waals surface area contributed by atoms with Crippen molar-refractivity contribution >= 4 is 55.4 Å². The van der Waals surface area contributed by atoms with Gasteiger partial charge in [-0.3, -0.25) is 9.10 Å². The molecule has 0 radical (unpaired) electrons. The van der Waals surface area contributed by atoms with Gasteiger partial charge >= 0.3 is 6.18 Å². The molecule has 2 aromatic rings. The van der Waals surface area contributed by atoms with Crippen molar-refractivity contribution in [2.45, 2.75) is 13.1 Å². The number of halogens is 5. The molecule has 0 spiro atoms. The molecule has 0 saturated heterocycles. The third-order valence-corrected chi connectivity index (χ3v) is 5.72. The first-order chi connectivity index (χ1) is 13.3. The third-order valence-electron chi connectivity index (χ3n) is 3.49. The zero-order valence-electron chi connectivity index (χ0n) is 14.9. The Bertz CT molecular complexity index is 1030. The quantitative estimate of drug-likeness (QED) is 0.465. The molecule has 0 saturated carbocycles. The molecule has 0 bridgehead atoms. The maximum atomic E-state index is 13.0. The molecule has 1 aromatic heterocycles. The van der Waals surface area contributed by atoms with Gasteiger partial charge in [-0.25, -0.2) is 13.8 Å². The Morgan fingerprint density at radius 3 is 2.55 bits per heavy atom. The maximum absolute atomic E-state index is 13.0. The van der Waals surface area contributed by atoms with Crippen LogP contribution in [-0.2, 0) is 21.0 Å². The number of alkyl halides is 3. The summed E-state index contributed by atoms with van der Waals surface area (Å²) in [5.74, 6) is -0.00159. The van der Waals surface area contributed by atoms with Gasteiger partial charge in [0.05, 0.1) is 33.2 Å². The van der Waals surface area contributed by atoms with Gasteiger partial charge in [-0.2, -0.15) is 18.3 Å². The molecule has 158 valence electrons. The number of carbonyl (C=O) groups excluding carboxylic acids is 1. The summed E-state index contributed by atoms with van der Waals surface area (Å²) < 4.78 is 69.4. The predicted octanol–water partition coefficient (Wildman–Crippen LogP) is 3.94. The number of hydrogen-bond donors (Lipinski definition) is 1. The van der Waals surface area contributed by atoms with E-state index in [0.29, 0.717) is 32.4 Å². The molecular weight excluding hydrogens is 503 g/mol. The molecule has 2 rings (SSSR count). The van der Waals surface area contributed by atoms with Crippen LogP contribution in [0.2, 0.25) is 5.02 Å². The lowest BCUT2D eigenvalue weighted by molar-refractivity contribution is -0.137. The van der Waals surface area contributed by atoms with Gasteiger partial charge in [0.2, 0.25) is 10.0 Å². The molecular formula is C16H14BrClF3N3O4S. The zero-order valence-corrected chi connectivity index (χ0v) is 18.1. The van der Waals surface area contributed by atoms with Crippen LogP contribution in [0.3, 0.4) is 0 Å². The summed E-state index contributed by atoms with van der Waals surface area (Å²) in [6, 6.07) is 3.77. The molecule has 13 heteroatoms. The largest absolute Gasteiger partial charge is 0.459 e. The molecule has 1 heterocycles. The summed E-state index contributed by atoms with van der Waals surface area (Å²) in [4.78, 5) is 12.1. The van der Waals surface area contributed by atoms with Gasteiger partial charge in [-0.15, -0.1) is 0 Å². The minimum atomic E-state index is -4.72. The number of hydrogen-bond acceptors (Lipinski definition) is 5. The Hall–Kier alpha value is -2.05. The average molecular weight is 517 g/mol.